The highest BCUT2D eigenvalue weighted by Gasteiger charge is 2.24. The molecule has 1 heterocycles. The molecule has 3 heteroatoms. The van der Waals surface area contributed by atoms with E-state index in [0.717, 1.165) is 47.4 Å². The molecule has 0 unspecified atom stereocenters. The maximum Gasteiger partial charge on any atom is 0.255 e. The van der Waals surface area contributed by atoms with E-state index in [1.54, 1.807) is 0 Å². The molecule has 0 atom stereocenters. The van der Waals surface area contributed by atoms with Crippen LogP contribution >= 0.6 is 15.9 Å². The smallest absolute Gasteiger partial charge is 0.255 e. The van der Waals surface area contributed by atoms with Crippen LogP contribution in [0.5, 0.6) is 0 Å². The third-order valence-electron chi connectivity index (χ3n) is 3.90. The summed E-state index contributed by atoms with van der Waals surface area (Å²) in [7, 11) is 0. The Labute approximate surface area is 117 Å². The van der Waals surface area contributed by atoms with Crippen LogP contribution in [0, 0.1) is 12.8 Å². The van der Waals surface area contributed by atoms with Gasteiger partial charge in [0, 0.05) is 17.6 Å². The number of aryl methyl sites for hydroxylation is 1. The summed E-state index contributed by atoms with van der Waals surface area (Å²) in [5, 5.41) is 0. The number of rotatable bonds is 2. The number of likely N-dealkylation sites (tertiary alicyclic amines) is 1. The van der Waals surface area contributed by atoms with Crippen LogP contribution in [0.1, 0.15) is 42.1 Å². The minimum Gasteiger partial charge on any atom is -0.339 e. The molecule has 2 rings (SSSR count). The number of piperidine rings is 1. The molecule has 0 spiro atoms. The first kappa shape index (κ1) is 13.6. The Bertz CT molecular complexity index is 436. The molecule has 1 aromatic carbocycles. The molecule has 2 nitrogen and oxygen atoms in total. The van der Waals surface area contributed by atoms with Crippen molar-refractivity contribution in [2.75, 3.05) is 13.1 Å². The number of hydrogen-bond acceptors (Lipinski definition) is 1. The van der Waals surface area contributed by atoms with Crippen LogP contribution < -0.4 is 0 Å². The molecule has 0 aliphatic carbocycles. The van der Waals surface area contributed by atoms with E-state index in [-0.39, 0.29) is 5.91 Å². The molecule has 98 valence electrons. The van der Waals surface area contributed by atoms with Crippen LogP contribution in [0.4, 0.5) is 0 Å². The lowest BCUT2D eigenvalue weighted by atomic mass is 9.94. The Kier molecular flexibility index (Phi) is 4.44. The second-order valence-corrected chi connectivity index (χ2v) is 5.87. The zero-order valence-corrected chi connectivity index (χ0v) is 12.7. The lowest BCUT2D eigenvalue weighted by Crippen LogP contribution is -2.38. The Morgan fingerprint density at radius 2 is 2.06 bits per heavy atom. The Balaban J connectivity index is 2.10. The van der Waals surface area contributed by atoms with E-state index in [0.29, 0.717) is 0 Å². The van der Waals surface area contributed by atoms with Gasteiger partial charge in [0.1, 0.15) is 0 Å². The molecule has 0 N–H and O–H groups in total. The maximum absolute atomic E-state index is 12.5. The number of halogens is 1. The van der Waals surface area contributed by atoms with E-state index in [1.807, 2.05) is 30.0 Å². The van der Waals surface area contributed by atoms with Gasteiger partial charge in [-0.15, -0.1) is 0 Å². The van der Waals surface area contributed by atoms with Gasteiger partial charge in [0.25, 0.3) is 5.91 Å². The quantitative estimate of drug-likeness (QED) is 0.808. The maximum atomic E-state index is 12.5. The fourth-order valence-electron chi connectivity index (χ4n) is 2.53. The third kappa shape index (κ3) is 2.77. The van der Waals surface area contributed by atoms with Crippen molar-refractivity contribution in [2.45, 2.75) is 33.1 Å². The average Bonchev–Trinajstić information content (AvgIpc) is 2.41. The van der Waals surface area contributed by atoms with Crippen molar-refractivity contribution in [1.82, 2.24) is 4.90 Å². The summed E-state index contributed by atoms with van der Waals surface area (Å²) < 4.78 is 0.938. The number of carbonyl (C=O) groups excluding carboxylic acids is 1. The van der Waals surface area contributed by atoms with E-state index < -0.39 is 0 Å². The van der Waals surface area contributed by atoms with Gasteiger partial charge in [-0.1, -0.05) is 25.5 Å². The topological polar surface area (TPSA) is 20.3 Å². The molecule has 1 aliphatic rings. The number of hydrogen-bond donors (Lipinski definition) is 0. The van der Waals surface area contributed by atoms with Crippen molar-refractivity contribution in [3.8, 4) is 0 Å². The summed E-state index contributed by atoms with van der Waals surface area (Å²) in [5.41, 5.74) is 1.91. The molecule has 1 amide bonds. The fourth-order valence-corrected chi connectivity index (χ4v) is 2.96. The SMILES string of the molecule is CCC1CCN(C(=O)c2cccc(C)c2Br)CC1. The summed E-state index contributed by atoms with van der Waals surface area (Å²) in [6, 6.07) is 5.88. The number of amides is 1. The number of carbonyl (C=O) groups is 1. The van der Waals surface area contributed by atoms with Crippen LogP contribution in [-0.4, -0.2) is 23.9 Å². The third-order valence-corrected chi connectivity index (χ3v) is 4.95. The molecule has 1 fully saturated rings. The zero-order valence-electron chi connectivity index (χ0n) is 11.1. The van der Waals surface area contributed by atoms with E-state index in [9.17, 15) is 4.79 Å². The molecule has 0 aromatic heterocycles. The molecular weight excluding hydrogens is 290 g/mol. The van der Waals surface area contributed by atoms with Crippen LogP contribution in [0.3, 0.4) is 0 Å². The molecule has 18 heavy (non-hydrogen) atoms. The Hall–Kier alpha value is -0.830. The van der Waals surface area contributed by atoms with Crippen LogP contribution in [-0.2, 0) is 0 Å². The van der Waals surface area contributed by atoms with Gasteiger partial charge in [0.2, 0.25) is 0 Å². The fraction of sp³-hybridized carbons (Fsp3) is 0.533. The molecule has 0 radical (unpaired) electrons. The summed E-state index contributed by atoms with van der Waals surface area (Å²) in [5.74, 6) is 0.968. The second kappa shape index (κ2) is 5.87. The molecule has 1 aromatic rings. The molecule has 1 saturated heterocycles. The lowest BCUT2D eigenvalue weighted by Gasteiger charge is -2.31. The predicted octanol–water partition coefficient (Wildman–Crippen LogP) is 4.02. The molecule has 1 aliphatic heterocycles. The van der Waals surface area contributed by atoms with E-state index >= 15 is 0 Å². The first-order valence-electron chi connectivity index (χ1n) is 6.68. The average molecular weight is 310 g/mol. The van der Waals surface area contributed by atoms with Crippen molar-refractivity contribution < 1.29 is 4.79 Å². The highest BCUT2D eigenvalue weighted by molar-refractivity contribution is 9.10. The standard InChI is InChI=1S/C15H20BrNO/c1-3-12-7-9-17(10-8-12)15(18)13-6-4-5-11(2)14(13)16/h4-6,12H,3,7-10H2,1-2H3. The van der Waals surface area contributed by atoms with Gasteiger partial charge in [-0.25, -0.2) is 0 Å². The first-order valence-corrected chi connectivity index (χ1v) is 7.47. The second-order valence-electron chi connectivity index (χ2n) is 5.08. The van der Waals surface area contributed by atoms with Crippen molar-refractivity contribution in [3.63, 3.8) is 0 Å². The van der Waals surface area contributed by atoms with Gasteiger partial charge in [-0.3, -0.25) is 4.79 Å². The van der Waals surface area contributed by atoms with Gasteiger partial charge >= 0.3 is 0 Å². The lowest BCUT2D eigenvalue weighted by molar-refractivity contribution is 0.0688. The Morgan fingerprint density at radius 3 is 2.67 bits per heavy atom. The largest absolute Gasteiger partial charge is 0.339 e. The summed E-state index contributed by atoms with van der Waals surface area (Å²) in [6.07, 6.45) is 3.52. The van der Waals surface area contributed by atoms with E-state index in [2.05, 4.69) is 22.9 Å². The van der Waals surface area contributed by atoms with Crippen molar-refractivity contribution in [2.24, 2.45) is 5.92 Å². The first-order chi connectivity index (χ1) is 8.63. The minimum absolute atomic E-state index is 0.167. The van der Waals surface area contributed by atoms with Crippen LogP contribution in [0.25, 0.3) is 0 Å². The van der Waals surface area contributed by atoms with Gasteiger partial charge in [0.05, 0.1) is 5.56 Å². The minimum atomic E-state index is 0.167. The molecule has 0 bridgehead atoms. The predicted molar refractivity (Wildman–Crippen MR) is 77.8 cm³/mol. The Morgan fingerprint density at radius 1 is 1.39 bits per heavy atom. The summed E-state index contributed by atoms with van der Waals surface area (Å²) in [4.78, 5) is 14.5. The van der Waals surface area contributed by atoms with Crippen molar-refractivity contribution in [1.29, 1.82) is 0 Å². The van der Waals surface area contributed by atoms with Crippen molar-refractivity contribution in [3.05, 3.63) is 33.8 Å². The van der Waals surface area contributed by atoms with Gasteiger partial charge < -0.3 is 4.90 Å². The molecule has 0 saturated carbocycles. The monoisotopic (exact) mass is 309 g/mol. The normalized spacial score (nSPS) is 16.9. The van der Waals surface area contributed by atoms with Crippen molar-refractivity contribution >= 4 is 21.8 Å². The van der Waals surface area contributed by atoms with Crippen LogP contribution in [0.15, 0.2) is 22.7 Å². The molecular formula is C15H20BrNO. The van der Waals surface area contributed by atoms with Gasteiger partial charge in [-0.2, -0.15) is 0 Å². The van der Waals surface area contributed by atoms with Crippen LogP contribution in [0.2, 0.25) is 0 Å². The van der Waals surface area contributed by atoms with E-state index in [1.165, 1.54) is 6.42 Å². The van der Waals surface area contributed by atoms with Gasteiger partial charge in [-0.05, 0) is 53.2 Å². The highest BCUT2D eigenvalue weighted by Crippen LogP contribution is 2.25. The van der Waals surface area contributed by atoms with Gasteiger partial charge in [0.15, 0.2) is 0 Å². The highest BCUT2D eigenvalue weighted by atomic mass is 79.9. The zero-order chi connectivity index (χ0) is 13.1. The summed E-state index contributed by atoms with van der Waals surface area (Å²) >= 11 is 3.53. The number of benzene rings is 1. The van der Waals surface area contributed by atoms with E-state index in [4.69, 9.17) is 0 Å². The number of nitrogens with zero attached hydrogens (tertiary/aromatic N) is 1. The summed E-state index contributed by atoms with van der Waals surface area (Å²) in [6.45, 7) is 6.05.